The first-order valence-electron chi connectivity index (χ1n) is 5.07. The second kappa shape index (κ2) is 4.85. The number of hydrogen-bond acceptors (Lipinski definition) is 3. The Morgan fingerprint density at radius 1 is 1.44 bits per heavy atom. The van der Waals surface area contributed by atoms with Gasteiger partial charge in [-0.1, -0.05) is 17.7 Å². The first-order chi connectivity index (χ1) is 7.66. The number of halogens is 1. The van der Waals surface area contributed by atoms with Gasteiger partial charge in [-0.05, 0) is 31.5 Å². The lowest BCUT2D eigenvalue weighted by molar-refractivity contribution is 0.850. The molecule has 1 aromatic heterocycles. The Hall–Kier alpha value is -1.06. The van der Waals surface area contributed by atoms with Crippen molar-refractivity contribution in [3.63, 3.8) is 0 Å². The molecule has 1 unspecified atom stereocenters. The first-order valence-corrected chi connectivity index (χ1v) is 6.39. The molecule has 1 aromatic carbocycles. The highest BCUT2D eigenvalue weighted by Crippen LogP contribution is 2.26. The van der Waals surface area contributed by atoms with Crippen molar-refractivity contribution in [2.45, 2.75) is 19.9 Å². The number of nitrogens with one attached hydrogen (secondary N) is 1. The van der Waals surface area contributed by atoms with E-state index in [4.69, 9.17) is 11.6 Å². The lowest BCUT2D eigenvalue weighted by Gasteiger charge is -2.14. The van der Waals surface area contributed by atoms with Crippen molar-refractivity contribution in [3.8, 4) is 0 Å². The zero-order chi connectivity index (χ0) is 11.5. The smallest absolute Gasteiger partial charge is 0.0795 e. The molecule has 2 aromatic rings. The molecule has 84 valence electrons. The minimum atomic E-state index is 0.172. The second-order valence-corrected chi connectivity index (χ2v) is 4.89. The minimum Gasteiger partial charge on any atom is -0.376 e. The number of rotatable bonds is 3. The topological polar surface area (TPSA) is 24.9 Å². The molecule has 16 heavy (non-hydrogen) atoms. The van der Waals surface area contributed by atoms with Crippen LogP contribution in [0.15, 0.2) is 29.1 Å². The number of benzene rings is 1. The van der Waals surface area contributed by atoms with E-state index in [-0.39, 0.29) is 6.04 Å². The van der Waals surface area contributed by atoms with Crippen LogP contribution in [0.2, 0.25) is 5.02 Å². The normalized spacial score (nSPS) is 12.4. The number of aromatic nitrogens is 1. The molecule has 0 saturated heterocycles. The third kappa shape index (κ3) is 2.54. The molecule has 4 heteroatoms. The molecule has 0 spiro atoms. The van der Waals surface area contributed by atoms with Gasteiger partial charge in [0, 0.05) is 5.38 Å². The summed E-state index contributed by atoms with van der Waals surface area (Å²) in [6.07, 6.45) is 0. The molecule has 0 aliphatic carbocycles. The van der Waals surface area contributed by atoms with Crippen molar-refractivity contribution in [2.75, 3.05) is 5.32 Å². The summed E-state index contributed by atoms with van der Waals surface area (Å²) in [5.74, 6) is 0. The van der Waals surface area contributed by atoms with E-state index in [0.717, 1.165) is 16.4 Å². The highest BCUT2D eigenvalue weighted by Gasteiger charge is 2.09. The van der Waals surface area contributed by atoms with Crippen molar-refractivity contribution in [3.05, 3.63) is 45.4 Å². The largest absolute Gasteiger partial charge is 0.376 e. The predicted molar refractivity (Wildman–Crippen MR) is 70.3 cm³/mol. The van der Waals surface area contributed by atoms with E-state index in [1.54, 1.807) is 11.3 Å². The quantitative estimate of drug-likeness (QED) is 0.882. The summed E-state index contributed by atoms with van der Waals surface area (Å²) in [5, 5.41) is 6.15. The predicted octanol–water partition coefficient (Wildman–Crippen LogP) is 4.28. The van der Waals surface area contributed by atoms with Gasteiger partial charge in [-0.25, -0.2) is 4.98 Å². The van der Waals surface area contributed by atoms with Crippen LogP contribution in [0, 0.1) is 6.92 Å². The van der Waals surface area contributed by atoms with Gasteiger partial charge < -0.3 is 5.32 Å². The highest BCUT2D eigenvalue weighted by atomic mass is 35.5. The third-order valence-electron chi connectivity index (χ3n) is 2.39. The fourth-order valence-electron chi connectivity index (χ4n) is 1.49. The van der Waals surface area contributed by atoms with Crippen LogP contribution in [0.3, 0.4) is 0 Å². The molecule has 0 amide bonds. The van der Waals surface area contributed by atoms with Gasteiger partial charge in [-0.2, -0.15) is 0 Å². The fraction of sp³-hybridized carbons (Fsp3) is 0.250. The van der Waals surface area contributed by atoms with E-state index >= 15 is 0 Å². The van der Waals surface area contributed by atoms with Gasteiger partial charge in [-0.3, -0.25) is 0 Å². The molecule has 2 nitrogen and oxygen atoms in total. The molecule has 1 N–H and O–H groups in total. The molecule has 2 rings (SSSR count). The SMILES string of the molecule is Cc1ccc(Cl)c(NC(C)c2cscn2)c1. The Kier molecular flexibility index (Phi) is 3.46. The van der Waals surface area contributed by atoms with Crippen LogP contribution in [0.4, 0.5) is 5.69 Å². The van der Waals surface area contributed by atoms with E-state index in [1.807, 2.05) is 29.1 Å². The van der Waals surface area contributed by atoms with Crippen molar-refractivity contribution < 1.29 is 0 Å². The Morgan fingerprint density at radius 2 is 2.25 bits per heavy atom. The van der Waals surface area contributed by atoms with Crippen LogP contribution in [0.5, 0.6) is 0 Å². The number of anilines is 1. The molecule has 0 aliphatic heterocycles. The van der Waals surface area contributed by atoms with Crippen molar-refractivity contribution >= 4 is 28.6 Å². The molecular weight excluding hydrogens is 240 g/mol. The number of nitrogens with zero attached hydrogens (tertiary/aromatic N) is 1. The van der Waals surface area contributed by atoms with Crippen molar-refractivity contribution in [1.82, 2.24) is 4.98 Å². The first kappa shape index (κ1) is 11.4. The summed E-state index contributed by atoms with van der Waals surface area (Å²) in [6.45, 7) is 4.13. The van der Waals surface area contributed by atoms with Crippen molar-refractivity contribution in [1.29, 1.82) is 0 Å². The van der Waals surface area contributed by atoms with Crippen LogP contribution in [0.25, 0.3) is 0 Å². The lowest BCUT2D eigenvalue weighted by Crippen LogP contribution is -2.07. The van der Waals surface area contributed by atoms with Crippen LogP contribution in [-0.4, -0.2) is 4.98 Å². The molecule has 0 bridgehead atoms. The molecule has 1 atom stereocenters. The average molecular weight is 253 g/mol. The molecule has 0 saturated carbocycles. The zero-order valence-corrected chi connectivity index (χ0v) is 10.8. The summed E-state index contributed by atoms with van der Waals surface area (Å²) < 4.78 is 0. The standard InChI is InChI=1S/C12H13ClN2S/c1-8-3-4-10(13)11(5-8)15-9(2)12-6-16-7-14-12/h3-7,9,15H,1-2H3. The van der Waals surface area contributed by atoms with Gasteiger partial charge in [0.1, 0.15) is 0 Å². The fourth-order valence-corrected chi connectivity index (χ4v) is 2.31. The molecular formula is C12H13ClN2S. The van der Waals surface area contributed by atoms with E-state index < -0.39 is 0 Å². The minimum absolute atomic E-state index is 0.172. The van der Waals surface area contributed by atoms with E-state index in [1.165, 1.54) is 5.56 Å². The average Bonchev–Trinajstić information content (AvgIpc) is 2.76. The molecule has 0 radical (unpaired) electrons. The summed E-state index contributed by atoms with van der Waals surface area (Å²) in [7, 11) is 0. The molecule has 0 aliphatic rings. The van der Waals surface area contributed by atoms with Gasteiger partial charge in [0.05, 0.1) is 28.0 Å². The van der Waals surface area contributed by atoms with Crippen LogP contribution >= 0.6 is 22.9 Å². The van der Waals surface area contributed by atoms with E-state index in [9.17, 15) is 0 Å². The maximum atomic E-state index is 6.12. The molecule has 1 heterocycles. The van der Waals surface area contributed by atoms with Gasteiger partial charge in [0.15, 0.2) is 0 Å². The summed E-state index contributed by atoms with van der Waals surface area (Å²) >= 11 is 7.72. The summed E-state index contributed by atoms with van der Waals surface area (Å²) in [5.41, 5.74) is 5.04. The third-order valence-corrected chi connectivity index (χ3v) is 3.32. The van der Waals surface area contributed by atoms with Crippen molar-refractivity contribution in [2.24, 2.45) is 0 Å². The monoisotopic (exact) mass is 252 g/mol. The van der Waals surface area contributed by atoms with Crippen LogP contribution < -0.4 is 5.32 Å². The van der Waals surface area contributed by atoms with E-state index in [0.29, 0.717) is 0 Å². The van der Waals surface area contributed by atoms with Gasteiger partial charge in [0.2, 0.25) is 0 Å². The number of aryl methyl sites for hydroxylation is 1. The highest BCUT2D eigenvalue weighted by molar-refractivity contribution is 7.07. The van der Waals surface area contributed by atoms with E-state index in [2.05, 4.69) is 24.1 Å². The van der Waals surface area contributed by atoms with Gasteiger partial charge in [-0.15, -0.1) is 11.3 Å². The summed E-state index contributed by atoms with van der Waals surface area (Å²) in [6, 6.07) is 6.13. The number of hydrogen-bond donors (Lipinski definition) is 1. The van der Waals surface area contributed by atoms with Crippen LogP contribution in [-0.2, 0) is 0 Å². The Labute approximate surface area is 104 Å². The van der Waals surface area contributed by atoms with Gasteiger partial charge in [0.25, 0.3) is 0 Å². The summed E-state index contributed by atoms with van der Waals surface area (Å²) in [4.78, 5) is 4.28. The maximum absolute atomic E-state index is 6.12. The number of thiazole rings is 1. The maximum Gasteiger partial charge on any atom is 0.0795 e. The Balaban J connectivity index is 2.17. The Bertz CT molecular complexity index is 468. The van der Waals surface area contributed by atoms with Gasteiger partial charge >= 0.3 is 0 Å². The Morgan fingerprint density at radius 3 is 2.94 bits per heavy atom. The van der Waals surface area contributed by atoms with Crippen LogP contribution in [0.1, 0.15) is 24.2 Å². The second-order valence-electron chi connectivity index (χ2n) is 3.76. The lowest BCUT2D eigenvalue weighted by atomic mass is 10.2. The molecule has 0 fully saturated rings. The zero-order valence-electron chi connectivity index (χ0n) is 9.20.